The molecule has 0 bridgehead atoms. The molecule has 1 aromatic carbocycles. The highest BCUT2D eigenvalue weighted by Gasteiger charge is 2.33. The number of carbonyl (C=O) groups is 1. The zero-order valence-electron chi connectivity index (χ0n) is 9.07. The van der Waals surface area contributed by atoms with E-state index in [1.54, 1.807) is 0 Å². The number of hydrogen-bond donors (Lipinski definition) is 2. The van der Waals surface area contributed by atoms with Crippen LogP contribution in [-0.2, 0) is 0 Å². The van der Waals surface area contributed by atoms with Gasteiger partial charge in [-0.2, -0.15) is 0 Å². The maximum absolute atomic E-state index is 13.6. The van der Waals surface area contributed by atoms with E-state index in [1.165, 1.54) is 0 Å². The molecule has 1 aliphatic heterocycles. The van der Waals surface area contributed by atoms with Gasteiger partial charge in [-0.15, -0.1) is 0 Å². The Hall–Kier alpha value is -1.63. The second-order valence-electron chi connectivity index (χ2n) is 4.04. The van der Waals surface area contributed by atoms with Gasteiger partial charge in [-0.25, -0.2) is 22.4 Å². The molecule has 3 nitrogen and oxygen atoms in total. The summed E-state index contributed by atoms with van der Waals surface area (Å²) >= 11 is 0. The minimum absolute atomic E-state index is 0.194. The van der Waals surface area contributed by atoms with Crippen molar-refractivity contribution in [2.24, 2.45) is 0 Å². The molecule has 7 heteroatoms. The standard InChI is InChI=1S/C11H9F4NO2/c12-7-5(4-1-2-16-3-4)8(13)10(15)6(9(7)14)11(17)18/h4,16H,1-3H2,(H,17,18). The summed E-state index contributed by atoms with van der Waals surface area (Å²) in [6.07, 6.45) is 0.332. The van der Waals surface area contributed by atoms with Gasteiger partial charge in [-0.3, -0.25) is 0 Å². The van der Waals surface area contributed by atoms with Gasteiger partial charge in [0.1, 0.15) is 5.56 Å². The Morgan fingerprint density at radius 2 is 1.67 bits per heavy atom. The molecule has 0 aromatic heterocycles. The first-order valence-electron chi connectivity index (χ1n) is 5.25. The van der Waals surface area contributed by atoms with Crippen LogP contribution in [0.1, 0.15) is 28.3 Å². The lowest BCUT2D eigenvalue weighted by Crippen LogP contribution is -2.17. The molecule has 1 unspecified atom stereocenters. The van der Waals surface area contributed by atoms with Gasteiger partial charge in [0.25, 0.3) is 0 Å². The van der Waals surface area contributed by atoms with Gasteiger partial charge < -0.3 is 10.4 Å². The van der Waals surface area contributed by atoms with Gasteiger partial charge >= 0.3 is 5.97 Å². The van der Waals surface area contributed by atoms with Crippen molar-refractivity contribution in [1.29, 1.82) is 0 Å². The third-order valence-electron chi connectivity index (χ3n) is 2.98. The summed E-state index contributed by atoms with van der Waals surface area (Å²) in [6, 6.07) is 0. The predicted octanol–water partition coefficient (Wildman–Crippen LogP) is 2.02. The Balaban J connectivity index is 2.65. The van der Waals surface area contributed by atoms with Gasteiger partial charge in [0.2, 0.25) is 0 Å². The smallest absolute Gasteiger partial charge is 0.341 e. The van der Waals surface area contributed by atoms with Crippen LogP contribution in [-0.4, -0.2) is 24.2 Å². The Morgan fingerprint density at radius 3 is 2.06 bits per heavy atom. The fourth-order valence-corrected chi connectivity index (χ4v) is 2.10. The molecule has 1 fully saturated rings. The fraction of sp³-hybridized carbons (Fsp3) is 0.364. The van der Waals surface area contributed by atoms with E-state index >= 15 is 0 Å². The van der Waals surface area contributed by atoms with Crippen LogP contribution in [0.3, 0.4) is 0 Å². The van der Waals surface area contributed by atoms with E-state index in [4.69, 9.17) is 5.11 Å². The van der Waals surface area contributed by atoms with E-state index < -0.39 is 46.3 Å². The molecule has 0 amide bonds. The number of aromatic carboxylic acids is 1. The quantitative estimate of drug-likeness (QED) is 0.634. The zero-order chi connectivity index (χ0) is 13.4. The minimum atomic E-state index is -2.04. The number of carboxylic acids is 1. The molecule has 1 aromatic rings. The van der Waals surface area contributed by atoms with Crippen LogP contribution in [0.4, 0.5) is 17.6 Å². The molecular weight excluding hydrogens is 254 g/mol. The third-order valence-corrected chi connectivity index (χ3v) is 2.98. The lowest BCUT2D eigenvalue weighted by molar-refractivity contribution is 0.0683. The number of halogens is 4. The van der Waals surface area contributed by atoms with Crippen LogP contribution in [0, 0.1) is 23.3 Å². The first-order chi connectivity index (χ1) is 8.45. The molecule has 0 aliphatic carbocycles. The number of nitrogens with one attached hydrogen (secondary N) is 1. The summed E-state index contributed by atoms with van der Waals surface area (Å²) in [5.74, 6) is -9.71. The lowest BCUT2D eigenvalue weighted by Gasteiger charge is -2.14. The topological polar surface area (TPSA) is 49.3 Å². The Morgan fingerprint density at radius 1 is 1.11 bits per heavy atom. The molecule has 0 radical (unpaired) electrons. The molecule has 1 heterocycles. The van der Waals surface area contributed by atoms with Gasteiger partial charge in [0.15, 0.2) is 23.3 Å². The molecule has 98 valence electrons. The van der Waals surface area contributed by atoms with Crippen LogP contribution in [0.25, 0.3) is 0 Å². The third kappa shape index (κ3) is 1.84. The van der Waals surface area contributed by atoms with Crippen molar-refractivity contribution in [3.63, 3.8) is 0 Å². The van der Waals surface area contributed by atoms with E-state index in [2.05, 4.69) is 5.32 Å². The highest BCUT2D eigenvalue weighted by molar-refractivity contribution is 5.88. The SMILES string of the molecule is O=C(O)c1c(F)c(F)c(C2CCNC2)c(F)c1F. The number of carboxylic acid groups (broad SMARTS) is 1. The summed E-state index contributed by atoms with van der Waals surface area (Å²) in [7, 11) is 0. The van der Waals surface area contributed by atoms with E-state index in [-0.39, 0.29) is 6.54 Å². The van der Waals surface area contributed by atoms with E-state index in [0.29, 0.717) is 13.0 Å². The highest BCUT2D eigenvalue weighted by atomic mass is 19.2. The number of hydrogen-bond acceptors (Lipinski definition) is 2. The molecule has 0 saturated carbocycles. The van der Waals surface area contributed by atoms with Crippen LogP contribution in [0.2, 0.25) is 0 Å². The van der Waals surface area contributed by atoms with Crippen molar-refractivity contribution in [1.82, 2.24) is 5.32 Å². The molecule has 1 aliphatic rings. The summed E-state index contributed by atoms with van der Waals surface area (Å²) in [6.45, 7) is 0.673. The van der Waals surface area contributed by atoms with E-state index in [9.17, 15) is 22.4 Å². The molecule has 1 saturated heterocycles. The van der Waals surface area contributed by atoms with Crippen molar-refractivity contribution in [3.8, 4) is 0 Å². The molecule has 0 spiro atoms. The van der Waals surface area contributed by atoms with Crippen molar-refractivity contribution in [2.75, 3.05) is 13.1 Å². The normalized spacial score (nSPS) is 19.2. The summed E-state index contributed by atoms with van der Waals surface area (Å²) < 4.78 is 54.1. The van der Waals surface area contributed by atoms with Crippen LogP contribution in [0.15, 0.2) is 0 Å². The van der Waals surface area contributed by atoms with Crippen molar-refractivity contribution in [3.05, 3.63) is 34.4 Å². The van der Waals surface area contributed by atoms with Crippen molar-refractivity contribution >= 4 is 5.97 Å². The second kappa shape index (κ2) is 4.56. The minimum Gasteiger partial charge on any atom is -0.477 e. The van der Waals surface area contributed by atoms with Gasteiger partial charge in [-0.1, -0.05) is 0 Å². The number of benzene rings is 1. The molecule has 2 N–H and O–H groups in total. The summed E-state index contributed by atoms with van der Waals surface area (Å²) in [5, 5.41) is 11.3. The van der Waals surface area contributed by atoms with Crippen LogP contribution < -0.4 is 5.32 Å². The van der Waals surface area contributed by atoms with Gasteiger partial charge in [0.05, 0.1) is 0 Å². The summed E-state index contributed by atoms with van der Waals surface area (Å²) in [4.78, 5) is 10.6. The molecule has 1 atom stereocenters. The monoisotopic (exact) mass is 263 g/mol. The Bertz CT molecular complexity index is 483. The van der Waals surface area contributed by atoms with Crippen LogP contribution in [0.5, 0.6) is 0 Å². The maximum Gasteiger partial charge on any atom is 0.341 e. The molecule has 2 rings (SSSR count). The van der Waals surface area contributed by atoms with E-state index in [0.717, 1.165) is 0 Å². The fourth-order valence-electron chi connectivity index (χ4n) is 2.10. The Kier molecular flexibility index (Phi) is 3.25. The largest absolute Gasteiger partial charge is 0.477 e. The summed E-state index contributed by atoms with van der Waals surface area (Å²) in [5.41, 5.74) is -2.32. The first kappa shape index (κ1) is 12.8. The zero-order valence-corrected chi connectivity index (χ0v) is 9.07. The lowest BCUT2D eigenvalue weighted by atomic mass is 9.95. The van der Waals surface area contributed by atoms with Gasteiger partial charge in [-0.05, 0) is 13.0 Å². The van der Waals surface area contributed by atoms with Crippen molar-refractivity contribution < 1.29 is 27.5 Å². The van der Waals surface area contributed by atoms with Crippen LogP contribution >= 0.6 is 0 Å². The maximum atomic E-state index is 13.6. The number of rotatable bonds is 2. The van der Waals surface area contributed by atoms with Crippen molar-refractivity contribution in [2.45, 2.75) is 12.3 Å². The average molecular weight is 263 g/mol. The first-order valence-corrected chi connectivity index (χ1v) is 5.25. The average Bonchev–Trinajstić information content (AvgIpc) is 2.80. The molecular formula is C11H9F4NO2. The molecule has 18 heavy (non-hydrogen) atoms. The Labute approximate surface area is 99.4 Å². The van der Waals surface area contributed by atoms with E-state index in [1.807, 2.05) is 0 Å². The highest BCUT2D eigenvalue weighted by Crippen LogP contribution is 2.32. The predicted molar refractivity (Wildman–Crippen MR) is 53.5 cm³/mol. The van der Waals surface area contributed by atoms with Gasteiger partial charge in [0, 0.05) is 18.0 Å². The second-order valence-corrected chi connectivity index (χ2v) is 4.04.